The molecule has 0 bridgehead atoms. The summed E-state index contributed by atoms with van der Waals surface area (Å²) in [7, 11) is 1.64. The van der Waals surface area contributed by atoms with Gasteiger partial charge in [-0.1, -0.05) is 12.1 Å². The molecule has 1 fully saturated rings. The molecule has 4 rings (SSSR count). The predicted molar refractivity (Wildman–Crippen MR) is 117 cm³/mol. The molecule has 0 unspecified atom stereocenters. The first kappa shape index (κ1) is 20.7. The second-order valence-electron chi connectivity index (χ2n) is 7.67. The van der Waals surface area contributed by atoms with E-state index in [0.29, 0.717) is 24.3 Å². The van der Waals surface area contributed by atoms with Crippen LogP contribution >= 0.6 is 0 Å². The molecule has 2 N–H and O–H groups in total. The summed E-state index contributed by atoms with van der Waals surface area (Å²) in [5, 5.41) is 5.52. The summed E-state index contributed by atoms with van der Waals surface area (Å²) in [4.78, 5) is 41.7. The van der Waals surface area contributed by atoms with Crippen LogP contribution < -0.4 is 20.3 Å². The monoisotopic (exact) mass is 422 g/mol. The predicted octanol–water partition coefficient (Wildman–Crippen LogP) is 1.87. The van der Waals surface area contributed by atoms with E-state index in [2.05, 4.69) is 15.5 Å². The molecule has 2 heterocycles. The molecule has 2 aliphatic rings. The van der Waals surface area contributed by atoms with Gasteiger partial charge >= 0.3 is 0 Å². The van der Waals surface area contributed by atoms with Gasteiger partial charge in [-0.2, -0.15) is 0 Å². The standard InChI is InChI=1S/C23H26N4O4/c1-31-17-8-6-16(7-9-17)26-12-14-27(15-13-26)21(28)11-10-20-23(30)24-19-5-3-2-4-18(19)22(29)25-20/h2-9,20H,10-15H2,1H3,(H,24,30)(H,25,29)/t20-/m1/s1. The van der Waals surface area contributed by atoms with Crippen LogP contribution in [0.5, 0.6) is 5.75 Å². The molecule has 1 atom stereocenters. The lowest BCUT2D eigenvalue weighted by molar-refractivity contribution is -0.131. The number of amides is 3. The van der Waals surface area contributed by atoms with Crippen LogP contribution in [0.25, 0.3) is 0 Å². The number of ether oxygens (including phenoxy) is 1. The highest BCUT2D eigenvalue weighted by Crippen LogP contribution is 2.22. The van der Waals surface area contributed by atoms with E-state index >= 15 is 0 Å². The number of anilines is 2. The van der Waals surface area contributed by atoms with Crippen molar-refractivity contribution in [1.82, 2.24) is 10.2 Å². The smallest absolute Gasteiger partial charge is 0.254 e. The van der Waals surface area contributed by atoms with Crippen LogP contribution in [0.15, 0.2) is 48.5 Å². The summed E-state index contributed by atoms with van der Waals surface area (Å²) < 4.78 is 5.20. The SMILES string of the molecule is COc1ccc(N2CCN(C(=O)CC[C@H]3NC(=O)c4ccccc4NC3=O)CC2)cc1. The molecule has 2 aliphatic heterocycles. The highest BCUT2D eigenvalue weighted by molar-refractivity contribution is 6.09. The number of fused-ring (bicyclic) bond motifs is 1. The van der Waals surface area contributed by atoms with E-state index in [1.807, 2.05) is 29.2 Å². The fraction of sp³-hybridized carbons (Fsp3) is 0.348. The molecule has 31 heavy (non-hydrogen) atoms. The maximum atomic E-state index is 12.7. The summed E-state index contributed by atoms with van der Waals surface area (Å²) in [6, 6.07) is 14.0. The van der Waals surface area contributed by atoms with Crippen molar-refractivity contribution < 1.29 is 19.1 Å². The van der Waals surface area contributed by atoms with E-state index in [1.54, 1.807) is 31.4 Å². The van der Waals surface area contributed by atoms with Gasteiger partial charge in [-0.15, -0.1) is 0 Å². The first-order chi connectivity index (χ1) is 15.0. The normalized spacial score (nSPS) is 18.5. The maximum Gasteiger partial charge on any atom is 0.254 e. The largest absolute Gasteiger partial charge is 0.497 e. The third-order valence-electron chi connectivity index (χ3n) is 5.77. The van der Waals surface area contributed by atoms with Gasteiger partial charge in [-0.3, -0.25) is 14.4 Å². The number of methoxy groups -OCH3 is 1. The topological polar surface area (TPSA) is 91.0 Å². The van der Waals surface area contributed by atoms with E-state index in [1.165, 1.54) is 0 Å². The number of benzene rings is 2. The summed E-state index contributed by atoms with van der Waals surface area (Å²) >= 11 is 0. The van der Waals surface area contributed by atoms with E-state index in [4.69, 9.17) is 4.74 Å². The molecule has 0 radical (unpaired) electrons. The van der Waals surface area contributed by atoms with Crippen molar-refractivity contribution in [3.05, 3.63) is 54.1 Å². The molecule has 2 aromatic carbocycles. The van der Waals surface area contributed by atoms with Gasteiger partial charge in [0.15, 0.2) is 0 Å². The molecule has 0 aliphatic carbocycles. The van der Waals surface area contributed by atoms with Crippen molar-refractivity contribution in [3.63, 3.8) is 0 Å². The molecule has 8 heteroatoms. The van der Waals surface area contributed by atoms with Crippen molar-refractivity contribution in [3.8, 4) is 5.75 Å². The fourth-order valence-corrected chi connectivity index (χ4v) is 3.95. The Morgan fingerprint density at radius 3 is 2.45 bits per heavy atom. The second kappa shape index (κ2) is 9.07. The van der Waals surface area contributed by atoms with Gasteiger partial charge in [0, 0.05) is 38.3 Å². The van der Waals surface area contributed by atoms with Crippen molar-refractivity contribution in [2.45, 2.75) is 18.9 Å². The van der Waals surface area contributed by atoms with E-state index in [-0.39, 0.29) is 30.6 Å². The zero-order valence-electron chi connectivity index (χ0n) is 17.5. The maximum absolute atomic E-state index is 12.7. The lowest BCUT2D eigenvalue weighted by atomic mass is 10.1. The molecule has 0 aromatic heterocycles. The molecular weight excluding hydrogens is 396 g/mol. The molecule has 3 amide bonds. The van der Waals surface area contributed by atoms with Crippen molar-refractivity contribution in [2.75, 3.05) is 43.5 Å². The van der Waals surface area contributed by atoms with Gasteiger partial charge in [0.1, 0.15) is 11.8 Å². The Morgan fingerprint density at radius 2 is 1.74 bits per heavy atom. The van der Waals surface area contributed by atoms with Crippen LogP contribution in [-0.2, 0) is 9.59 Å². The Balaban J connectivity index is 1.28. The molecule has 1 saturated heterocycles. The van der Waals surface area contributed by atoms with Crippen LogP contribution in [0.4, 0.5) is 11.4 Å². The average molecular weight is 422 g/mol. The molecule has 0 saturated carbocycles. The van der Waals surface area contributed by atoms with Crippen LogP contribution in [-0.4, -0.2) is 62.0 Å². The van der Waals surface area contributed by atoms with Crippen LogP contribution in [0.2, 0.25) is 0 Å². The molecule has 0 spiro atoms. The Bertz CT molecular complexity index is 968. The third kappa shape index (κ3) is 4.63. The number of nitrogens with zero attached hydrogens (tertiary/aromatic N) is 2. The van der Waals surface area contributed by atoms with Gasteiger partial charge in [0.05, 0.1) is 18.4 Å². The number of piperazine rings is 1. The number of para-hydroxylation sites is 1. The van der Waals surface area contributed by atoms with E-state index in [9.17, 15) is 14.4 Å². The Morgan fingerprint density at radius 1 is 1.03 bits per heavy atom. The Hall–Kier alpha value is -3.55. The van der Waals surface area contributed by atoms with E-state index < -0.39 is 6.04 Å². The van der Waals surface area contributed by atoms with Crippen molar-refractivity contribution in [2.24, 2.45) is 0 Å². The van der Waals surface area contributed by atoms with Gasteiger partial charge in [0.2, 0.25) is 11.8 Å². The highest BCUT2D eigenvalue weighted by atomic mass is 16.5. The quantitative estimate of drug-likeness (QED) is 0.768. The lowest BCUT2D eigenvalue weighted by Crippen LogP contribution is -2.49. The van der Waals surface area contributed by atoms with Crippen LogP contribution in [0.3, 0.4) is 0 Å². The minimum Gasteiger partial charge on any atom is -0.497 e. The molecule has 8 nitrogen and oxygen atoms in total. The fourth-order valence-electron chi connectivity index (χ4n) is 3.95. The minimum atomic E-state index is -0.732. The average Bonchev–Trinajstić information content (AvgIpc) is 2.93. The highest BCUT2D eigenvalue weighted by Gasteiger charge is 2.29. The molecule has 2 aromatic rings. The van der Waals surface area contributed by atoms with E-state index in [0.717, 1.165) is 24.5 Å². The summed E-state index contributed by atoms with van der Waals surface area (Å²) in [5.41, 5.74) is 2.03. The zero-order valence-corrected chi connectivity index (χ0v) is 17.5. The first-order valence-electron chi connectivity index (χ1n) is 10.4. The van der Waals surface area contributed by atoms with Crippen molar-refractivity contribution in [1.29, 1.82) is 0 Å². The first-order valence-corrected chi connectivity index (χ1v) is 10.4. The van der Waals surface area contributed by atoms with Gasteiger partial charge in [-0.05, 0) is 42.8 Å². The number of carbonyl (C=O) groups excluding carboxylic acids is 3. The number of hydrogen-bond acceptors (Lipinski definition) is 5. The van der Waals surface area contributed by atoms with Gasteiger partial charge in [-0.25, -0.2) is 0 Å². The number of carbonyl (C=O) groups is 3. The number of rotatable bonds is 5. The number of nitrogens with one attached hydrogen (secondary N) is 2. The summed E-state index contributed by atoms with van der Waals surface area (Å²) in [6.07, 6.45) is 0.473. The van der Waals surface area contributed by atoms with Crippen LogP contribution in [0, 0.1) is 0 Å². The third-order valence-corrected chi connectivity index (χ3v) is 5.77. The number of hydrogen-bond donors (Lipinski definition) is 2. The lowest BCUT2D eigenvalue weighted by Gasteiger charge is -2.36. The van der Waals surface area contributed by atoms with Gasteiger partial charge in [0.25, 0.3) is 5.91 Å². The van der Waals surface area contributed by atoms with Crippen molar-refractivity contribution >= 4 is 29.1 Å². The summed E-state index contributed by atoms with van der Waals surface area (Å²) in [6.45, 7) is 2.74. The molecular formula is C23H26N4O4. The summed E-state index contributed by atoms with van der Waals surface area (Å²) in [5.74, 6) is 0.212. The second-order valence-corrected chi connectivity index (χ2v) is 7.67. The Kier molecular flexibility index (Phi) is 6.06. The Labute approximate surface area is 181 Å². The molecule has 162 valence electrons. The zero-order chi connectivity index (χ0) is 21.8. The van der Waals surface area contributed by atoms with Crippen LogP contribution in [0.1, 0.15) is 23.2 Å². The van der Waals surface area contributed by atoms with Gasteiger partial charge < -0.3 is 25.2 Å². The minimum absolute atomic E-state index is 0.00167.